The zero-order valence-electron chi connectivity index (χ0n) is 11.0. The Balaban J connectivity index is 2.63. The van der Waals surface area contributed by atoms with Gasteiger partial charge in [-0.3, -0.25) is 0 Å². The quantitative estimate of drug-likeness (QED) is 0.886. The molecule has 18 heavy (non-hydrogen) atoms. The van der Waals surface area contributed by atoms with Gasteiger partial charge in [0.05, 0.1) is 17.1 Å². The van der Waals surface area contributed by atoms with Crippen molar-refractivity contribution < 1.29 is 9.90 Å². The minimum absolute atomic E-state index is 0.0276. The first-order valence-corrected chi connectivity index (χ1v) is 5.89. The van der Waals surface area contributed by atoms with E-state index in [1.807, 2.05) is 6.07 Å². The molecule has 1 unspecified atom stereocenters. The molecule has 0 aliphatic rings. The van der Waals surface area contributed by atoms with Gasteiger partial charge in [0, 0.05) is 0 Å². The topological polar surface area (TPSA) is 68.0 Å². The Labute approximate surface area is 105 Å². The molecule has 0 radical (unpaired) electrons. The molecule has 0 amide bonds. The fourth-order valence-electron chi connectivity index (χ4n) is 1.79. The Morgan fingerprint density at radius 2 is 2.06 bits per heavy atom. The first-order valence-electron chi connectivity index (χ1n) is 5.89. The highest BCUT2D eigenvalue weighted by Gasteiger charge is 2.25. The van der Waals surface area contributed by atoms with Gasteiger partial charge in [-0.1, -0.05) is 32.1 Å². The predicted octanol–water partition coefficient (Wildman–Crippen LogP) is 2.74. The van der Waals surface area contributed by atoms with Crippen molar-refractivity contribution in [1.29, 1.82) is 0 Å². The highest BCUT2D eigenvalue weighted by Crippen LogP contribution is 2.31. The lowest BCUT2D eigenvalue weighted by Gasteiger charge is -2.27. The summed E-state index contributed by atoms with van der Waals surface area (Å²) in [7, 11) is 0. The zero-order chi connectivity index (χ0) is 13.5. The van der Waals surface area contributed by atoms with Gasteiger partial charge >= 0.3 is 5.97 Å². The number of aromatic carboxylic acids is 1. The molecular formula is C13H17N3O2. The van der Waals surface area contributed by atoms with E-state index in [0.717, 1.165) is 5.52 Å². The van der Waals surface area contributed by atoms with E-state index in [-0.39, 0.29) is 17.0 Å². The normalized spacial score (nSPS) is 13.8. The Hall–Kier alpha value is -1.91. The Bertz CT molecular complexity index is 596. The molecule has 0 saturated carbocycles. The lowest BCUT2D eigenvalue weighted by molar-refractivity contribution is 0.0699. The monoisotopic (exact) mass is 247 g/mol. The SMILES string of the molecule is CC(n1nnc2c(C(=O)O)cccc21)C(C)(C)C. The Morgan fingerprint density at radius 1 is 1.39 bits per heavy atom. The van der Waals surface area contributed by atoms with E-state index in [1.54, 1.807) is 16.8 Å². The van der Waals surface area contributed by atoms with Gasteiger partial charge in [-0.25, -0.2) is 9.48 Å². The molecule has 1 heterocycles. The number of hydrogen-bond donors (Lipinski definition) is 1. The second-order valence-electron chi connectivity index (χ2n) is 5.55. The van der Waals surface area contributed by atoms with Gasteiger partial charge in [-0.15, -0.1) is 5.10 Å². The van der Waals surface area contributed by atoms with E-state index >= 15 is 0 Å². The van der Waals surface area contributed by atoms with Crippen LogP contribution < -0.4 is 0 Å². The number of carboxylic acid groups (broad SMARTS) is 1. The summed E-state index contributed by atoms with van der Waals surface area (Å²) in [5, 5.41) is 17.2. The molecule has 0 spiro atoms. The van der Waals surface area contributed by atoms with Crippen molar-refractivity contribution in [3.63, 3.8) is 0 Å². The van der Waals surface area contributed by atoms with Crippen LogP contribution in [0.25, 0.3) is 11.0 Å². The van der Waals surface area contributed by atoms with Crippen LogP contribution in [0.4, 0.5) is 0 Å². The Kier molecular flexibility index (Phi) is 2.84. The van der Waals surface area contributed by atoms with Gasteiger partial charge in [0.1, 0.15) is 5.52 Å². The number of aromatic nitrogens is 3. The van der Waals surface area contributed by atoms with Crippen LogP contribution in [0.1, 0.15) is 44.1 Å². The van der Waals surface area contributed by atoms with Crippen LogP contribution in [0, 0.1) is 5.41 Å². The average molecular weight is 247 g/mol. The summed E-state index contributed by atoms with van der Waals surface area (Å²) < 4.78 is 1.79. The molecule has 0 fully saturated rings. The van der Waals surface area contributed by atoms with E-state index in [9.17, 15) is 4.79 Å². The van der Waals surface area contributed by atoms with Crippen molar-refractivity contribution in [3.8, 4) is 0 Å². The second-order valence-corrected chi connectivity index (χ2v) is 5.55. The van der Waals surface area contributed by atoms with Gasteiger partial charge in [0.15, 0.2) is 0 Å². The van der Waals surface area contributed by atoms with Crippen LogP contribution in [0.5, 0.6) is 0 Å². The molecule has 1 aromatic carbocycles. The third kappa shape index (κ3) is 1.96. The summed E-state index contributed by atoms with van der Waals surface area (Å²) in [6.07, 6.45) is 0. The van der Waals surface area contributed by atoms with E-state index in [1.165, 1.54) is 0 Å². The third-order valence-corrected chi connectivity index (χ3v) is 3.35. The fourth-order valence-corrected chi connectivity index (χ4v) is 1.79. The molecule has 0 bridgehead atoms. The maximum Gasteiger partial charge on any atom is 0.338 e. The molecule has 5 heteroatoms. The Morgan fingerprint density at radius 3 is 2.61 bits per heavy atom. The van der Waals surface area contributed by atoms with Gasteiger partial charge in [0.25, 0.3) is 0 Å². The number of rotatable bonds is 2. The predicted molar refractivity (Wildman–Crippen MR) is 68.7 cm³/mol. The summed E-state index contributed by atoms with van der Waals surface area (Å²) in [5.74, 6) is -0.976. The van der Waals surface area contributed by atoms with E-state index < -0.39 is 5.97 Å². The molecule has 1 aromatic heterocycles. The van der Waals surface area contributed by atoms with Gasteiger partial charge < -0.3 is 5.11 Å². The summed E-state index contributed by atoms with van der Waals surface area (Å²) in [6.45, 7) is 8.41. The molecule has 2 aromatic rings. The maximum atomic E-state index is 11.1. The number of carboxylic acids is 1. The van der Waals surface area contributed by atoms with Crippen LogP contribution in [-0.4, -0.2) is 26.1 Å². The first kappa shape index (κ1) is 12.5. The molecular weight excluding hydrogens is 230 g/mol. The van der Waals surface area contributed by atoms with Crippen molar-refractivity contribution in [2.45, 2.75) is 33.7 Å². The standard InChI is InChI=1S/C13H17N3O2/c1-8(13(2,3)4)16-10-7-5-6-9(12(17)18)11(10)14-15-16/h5-8H,1-4H3,(H,17,18). The largest absolute Gasteiger partial charge is 0.478 e. The first-order chi connectivity index (χ1) is 8.32. The van der Waals surface area contributed by atoms with Gasteiger partial charge in [-0.05, 0) is 24.5 Å². The maximum absolute atomic E-state index is 11.1. The lowest BCUT2D eigenvalue weighted by atomic mass is 9.88. The summed E-state index contributed by atoms with van der Waals surface area (Å²) in [6, 6.07) is 5.25. The smallest absolute Gasteiger partial charge is 0.338 e. The van der Waals surface area contributed by atoms with Gasteiger partial charge in [0.2, 0.25) is 0 Å². The summed E-state index contributed by atoms with van der Waals surface area (Å²) >= 11 is 0. The van der Waals surface area contributed by atoms with Crippen molar-refractivity contribution in [2.75, 3.05) is 0 Å². The van der Waals surface area contributed by atoms with Crippen LogP contribution >= 0.6 is 0 Å². The third-order valence-electron chi connectivity index (χ3n) is 3.35. The number of hydrogen-bond acceptors (Lipinski definition) is 3. The summed E-state index contributed by atoms with van der Waals surface area (Å²) in [4.78, 5) is 11.1. The highest BCUT2D eigenvalue weighted by molar-refractivity contribution is 6.00. The lowest BCUT2D eigenvalue weighted by Crippen LogP contribution is -2.22. The van der Waals surface area contributed by atoms with Crippen molar-refractivity contribution in [1.82, 2.24) is 15.0 Å². The van der Waals surface area contributed by atoms with Crippen LogP contribution in [0.2, 0.25) is 0 Å². The number of carbonyl (C=O) groups is 1. The highest BCUT2D eigenvalue weighted by atomic mass is 16.4. The summed E-state index contributed by atoms with van der Waals surface area (Å²) in [5.41, 5.74) is 1.43. The molecule has 5 nitrogen and oxygen atoms in total. The molecule has 1 atom stereocenters. The number of nitrogens with zero attached hydrogens (tertiary/aromatic N) is 3. The minimum atomic E-state index is -0.976. The van der Waals surface area contributed by atoms with Crippen molar-refractivity contribution in [2.24, 2.45) is 5.41 Å². The van der Waals surface area contributed by atoms with Crippen LogP contribution in [-0.2, 0) is 0 Å². The number of fused-ring (bicyclic) bond motifs is 1. The van der Waals surface area contributed by atoms with E-state index in [2.05, 4.69) is 38.0 Å². The molecule has 0 saturated heterocycles. The second kappa shape index (κ2) is 4.08. The fraction of sp³-hybridized carbons (Fsp3) is 0.462. The van der Waals surface area contributed by atoms with Crippen LogP contribution in [0.3, 0.4) is 0 Å². The number of benzene rings is 1. The van der Waals surface area contributed by atoms with E-state index in [0.29, 0.717) is 5.52 Å². The average Bonchev–Trinajstić information content (AvgIpc) is 2.69. The van der Waals surface area contributed by atoms with E-state index in [4.69, 9.17) is 5.11 Å². The zero-order valence-corrected chi connectivity index (χ0v) is 11.0. The molecule has 1 N–H and O–H groups in total. The molecule has 0 aliphatic heterocycles. The van der Waals surface area contributed by atoms with Gasteiger partial charge in [-0.2, -0.15) is 0 Å². The molecule has 0 aliphatic carbocycles. The molecule has 96 valence electrons. The van der Waals surface area contributed by atoms with Crippen LogP contribution in [0.15, 0.2) is 18.2 Å². The van der Waals surface area contributed by atoms with Crippen molar-refractivity contribution in [3.05, 3.63) is 23.8 Å². The van der Waals surface area contributed by atoms with Crippen molar-refractivity contribution >= 4 is 17.0 Å². The minimum Gasteiger partial charge on any atom is -0.478 e. The molecule has 2 rings (SSSR count).